The third kappa shape index (κ3) is 4.73. The average Bonchev–Trinajstić information content (AvgIpc) is 2.82. The minimum absolute atomic E-state index is 0.0646. The number of aryl methyl sites for hydroxylation is 1. The number of benzene rings is 1. The molecule has 1 heterocycles. The summed E-state index contributed by atoms with van der Waals surface area (Å²) in [6.45, 7) is 5.12. The summed E-state index contributed by atoms with van der Waals surface area (Å²) in [6, 6.07) is 14.2. The zero-order valence-corrected chi connectivity index (χ0v) is 12.2. The molecule has 19 heavy (non-hydrogen) atoms. The fourth-order valence-corrected chi connectivity index (χ4v) is 2.13. The summed E-state index contributed by atoms with van der Waals surface area (Å²) in [5.41, 5.74) is 1.44. The predicted octanol–water partition coefficient (Wildman–Crippen LogP) is 4.43. The fraction of sp³-hybridized carbons (Fsp3) is 0.375. The summed E-state index contributed by atoms with van der Waals surface area (Å²) in [5.74, 6) is 0.873. The molecule has 2 nitrogen and oxygen atoms in total. The molecule has 0 fully saturated rings. The molecule has 0 aliphatic heterocycles. The first-order valence-corrected chi connectivity index (χ1v) is 6.96. The molecule has 0 aliphatic rings. The molecular weight excluding hydrogens is 258 g/mol. The van der Waals surface area contributed by atoms with Crippen molar-refractivity contribution in [2.24, 2.45) is 0 Å². The normalized spacial score (nSPS) is 11.7. The van der Waals surface area contributed by atoms with Crippen LogP contribution < -0.4 is 5.32 Å². The topological polar surface area (TPSA) is 25.2 Å². The second kappa shape index (κ2) is 6.27. The number of hydrogen-bond acceptors (Lipinski definition) is 2. The highest BCUT2D eigenvalue weighted by Gasteiger charge is 2.17. The van der Waals surface area contributed by atoms with Gasteiger partial charge in [-0.25, -0.2) is 0 Å². The Kier molecular flexibility index (Phi) is 4.67. The predicted molar refractivity (Wildman–Crippen MR) is 79.4 cm³/mol. The average molecular weight is 278 g/mol. The Morgan fingerprint density at radius 3 is 2.47 bits per heavy atom. The molecule has 0 aliphatic carbocycles. The molecule has 0 unspecified atom stereocenters. The summed E-state index contributed by atoms with van der Waals surface area (Å²) >= 11 is 5.76. The van der Waals surface area contributed by atoms with Gasteiger partial charge >= 0.3 is 0 Å². The highest BCUT2D eigenvalue weighted by Crippen LogP contribution is 2.17. The highest BCUT2D eigenvalue weighted by atomic mass is 35.5. The fourth-order valence-electron chi connectivity index (χ4n) is 1.96. The van der Waals surface area contributed by atoms with Gasteiger partial charge in [-0.2, -0.15) is 0 Å². The second-order valence-electron chi connectivity index (χ2n) is 5.43. The molecular formula is C16H20ClNO. The maximum absolute atomic E-state index is 5.76. The van der Waals surface area contributed by atoms with Gasteiger partial charge < -0.3 is 9.73 Å². The number of rotatable bonds is 6. The summed E-state index contributed by atoms with van der Waals surface area (Å²) in [5, 5.41) is 3.95. The number of furan rings is 1. The third-order valence-electron chi connectivity index (χ3n) is 3.25. The van der Waals surface area contributed by atoms with Gasteiger partial charge in [0.05, 0.1) is 6.54 Å². The van der Waals surface area contributed by atoms with E-state index < -0.39 is 0 Å². The molecule has 1 aromatic heterocycles. The lowest BCUT2D eigenvalue weighted by atomic mass is 9.95. The van der Waals surface area contributed by atoms with Gasteiger partial charge in [0, 0.05) is 5.54 Å². The van der Waals surface area contributed by atoms with Gasteiger partial charge in [-0.15, -0.1) is 0 Å². The van der Waals surface area contributed by atoms with Crippen LogP contribution in [0.15, 0.2) is 46.9 Å². The Balaban J connectivity index is 1.81. The van der Waals surface area contributed by atoms with Crippen LogP contribution in [-0.2, 0) is 13.0 Å². The lowest BCUT2D eigenvalue weighted by molar-refractivity contribution is 0.341. The van der Waals surface area contributed by atoms with E-state index in [9.17, 15) is 0 Å². The van der Waals surface area contributed by atoms with Gasteiger partial charge in [-0.1, -0.05) is 30.3 Å². The molecule has 102 valence electrons. The van der Waals surface area contributed by atoms with E-state index in [1.807, 2.05) is 12.1 Å². The molecule has 2 rings (SSSR count). The summed E-state index contributed by atoms with van der Waals surface area (Å²) in [6.07, 6.45) is 2.14. The Morgan fingerprint density at radius 2 is 1.84 bits per heavy atom. The minimum atomic E-state index is 0.0646. The Labute approximate surface area is 119 Å². The first kappa shape index (κ1) is 14.2. The van der Waals surface area contributed by atoms with Crippen LogP contribution in [0, 0.1) is 0 Å². The van der Waals surface area contributed by atoms with E-state index in [0.29, 0.717) is 11.8 Å². The molecule has 0 saturated carbocycles. The van der Waals surface area contributed by atoms with E-state index in [0.717, 1.165) is 18.6 Å². The molecule has 1 aromatic carbocycles. The van der Waals surface area contributed by atoms with E-state index >= 15 is 0 Å². The molecule has 0 saturated heterocycles. The van der Waals surface area contributed by atoms with E-state index in [4.69, 9.17) is 16.0 Å². The van der Waals surface area contributed by atoms with Crippen molar-refractivity contribution in [3.8, 4) is 0 Å². The highest BCUT2D eigenvalue weighted by molar-refractivity contribution is 6.28. The van der Waals surface area contributed by atoms with Gasteiger partial charge in [0.2, 0.25) is 0 Å². The Hall–Kier alpha value is -1.25. The van der Waals surface area contributed by atoms with Crippen molar-refractivity contribution in [1.29, 1.82) is 0 Å². The summed E-state index contributed by atoms with van der Waals surface area (Å²) < 4.78 is 5.34. The van der Waals surface area contributed by atoms with E-state index in [-0.39, 0.29) is 5.54 Å². The van der Waals surface area contributed by atoms with E-state index in [2.05, 4.69) is 43.4 Å². The molecule has 2 aromatic rings. The van der Waals surface area contributed by atoms with Crippen LogP contribution in [0.2, 0.25) is 5.22 Å². The molecule has 0 bridgehead atoms. The van der Waals surface area contributed by atoms with Crippen molar-refractivity contribution >= 4 is 11.6 Å². The van der Waals surface area contributed by atoms with Gasteiger partial charge in [-0.05, 0) is 56.0 Å². The zero-order chi connectivity index (χ0) is 13.7. The summed E-state index contributed by atoms with van der Waals surface area (Å²) in [7, 11) is 0. The van der Waals surface area contributed by atoms with Crippen LogP contribution in [0.5, 0.6) is 0 Å². The monoisotopic (exact) mass is 277 g/mol. The Bertz CT molecular complexity index is 504. The smallest absolute Gasteiger partial charge is 0.193 e. The maximum Gasteiger partial charge on any atom is 0.193 e. The molecule has 0 amide bonds. The minimum Gasteiger partial charge on any atom is -0.448 e. The zero-order valence-electron chi connectivity index (χ0n) is 11.4. The maximum atomic E-state index is 5.76. The van der Waals surface area contributed by atoms with Crippen LogP contribution >= 0.6 is 11.6 Å². The quantitative estimate of drug-likeness (QED) is 0.845. The van der Waals surface area contributed by atoms with Crippen molar-refractivity contribution in [3.63, 3.8) is 0 Å². The van der Waals surface area contributed by atoms with Crippen molar-refractivity contribution < 1.29 is 4.42 Å². The van der Waals surface area contributed by atoms with Crippen molar-refractivity contribution in [2.45, 2.75) is 38.8 Å². The number of nitrogens with one attached hydrogen (secondary N) is 1. The second-order valence-corrected chi connectivity index (χ2v) is 5.80. The molecule has 0 atom stereocenters. The van der Waals surface area contributed by atoms with Gasteiger partial charge in [0.25, 0.3) is 0 Å². The first-order chi connectivity index (χ1) is 9.05. The van der Waals surface area contributed by atoms with Crippen LogP contribution in [0.25, 0.3) is 0 Å². The van der Waals surface area contributed by atoms with Gasteiger partial charge in [0.15, 0.2) is 5.22 Å². The van der Waals surface area contributed by atoms with Crippen molar-refractivity contribution in [2.75, 3.05) is 0 Å². The van der Waals surface area contributed by atoms with Crippen LogP contribution in [0.1, 0.15) is 31.6 Å². The molecule has 1 N–H and O–H groups in total. The van der Waals surface area contributed by atoms with Gasteiger partial charge in [-0.3, -0.25) is 0 Å². The van der Waals surface area contributed by atoms with Crippen LogP contribution in [0.4, 0.5) is 0 Å². The van der Waals surface area contributed by atoms with E-state index in [1.165, 1.54) is 5.56 Å². The lowest BCUT2D eigenvalue weighted by Gasteiger charge is -2.26. The molecule has 3 heteroatoms. The Morgan fingerprint density at radius 1 is 1.11 bits per heavy atom. The first-order valence-electron chi connectivity index (χ1n) is 6.58. The standard InChI is InChI=1S/C16H20ClNO/c1-16(2,11-10-13-6-4-3-5-7-13)18-12-14-8-9-15(17)19-14/h3-9,18H,10-12H2,1-2H3. The summed E-state index contributed by atoms with van der Waals surface area (Å²) in [4.78, 5) is 0. The van der Waals surface area contributed by atoms with Gasteiger partial charge in [0.1, 0.15) is 5.76 Å². The van der Waals surface area contributed by atoms with Crippen LogP contribution in [-0.4, -0.2) is 5.54 Å². The number of hydrogen-bond donors (Lipinski definition) is 1. The molecule has 0 spiro atoms. The largest absolute Gasteiger partial charge is 0.448 e. The third-order valence-corrected chi connectivity index (χ3v) is 3.45. The van der Waals surface area contributed by atoms with Crippen molar-refractivity contribution in [1.82, 2.24) is 5.32 Å². The van der Waals surface area contributed by atoms with E-state index in [1.54, 1.807) is 6.07 Å². The van der Waals surface area contributed by atoms with Crippen molar-refractivity contribution in [3.05, 3.63) is 59.0 Å². The number of halogens is 1. The SMILES string of the molecule is CC(C)(CCc1ccccc1)NCc1ccc(Cl)o1. The lowest BCUT2D eigenvalue weighted by Crippen LogP contribution is -2.39. The molecule has 0 radical (unpaired) electrons. The van der Waals surface area contributed by atoms with Crippen LogP contribution in [0.3, 0.4) is 0 Å².